The van der Waals surface area contributed by atoms with Crippen LogP contribution in [-0.4, -0.2) is 35.1 Å². The summed E-state index contributed by atoms with van der Waals surface area (Å²) in [5.41, 5.74) is 2.88. The second kappa shape index (κ2) is 5.86. The smallest absolute Gasteiger partial charge is 0.307 e. The summed E-state index contributed by atoms with van der Waals surface area (Å²) >= 11 is 3.53. The summed E-state index contributed by atoms with van der Waals surface area (Å²) in [6.45, 7) is 1.78. The quantitative estimate of drug-likeness (QED) is 0.901. The third kappa shape index (κ3) is 2.91. The van der Waals surface area contributed by atoms with Crippen molar-refractivity contribution in [1.82, 2.24) is 4.90 Å². The van der Waals surface area contributed by atoms with E-state index in [-0.39, 0.29) is 5.92 Å². The molecule has 0 amide bonds. The molecule has 0 bridgehead atoms. The highest BCUT2D eigenvalue weighted by molar-refractivity contribution is 9.10. The van der Waals surface area contributed by atoms with E-state index >= 15 is 0 Å². The highest BCUT2D eigenvalue weighted by Crippen LogP contribution is 2.29. The van der Waals surface area contributed by atoms with Crippen molar-refractivity contribution in [3.05, 3.63) is 33.8 Å². The molecule has 0 saturated carbocycles. The molecular weight excluding hydrogens is 318 g/mol. The van der Waals surface area contributed by atoms with E-state index in [9.17, 15) is 9.90 Å². The molecule has 20 heavy (non-hydrogen) atoms. The van der Waals surface area contributed by atoms with Gasteiger partial charge in [-0.25, -0.2) is 0 Å². The molecular formula is C16H20BrNO2. The highest BCUT2D eigenvalue weighted by Gasteiger charge is 2.31. The average molecular weight is 338 g/mol. The number of likely N-dealkylation sites (tertiary alicyclic amines) is 1. The molecule has 3 rings (SSSR count). The first kappa shape index (κ1) is 14.1. The molecule has 0 radical (unpaired) electrons. The van der Waals surface area contributed by atoms with Crippen molar-refractivity contribution >= 4 is 21.9 Å². The Hall–Kier alpha value is -0.870. The van der Waals surface area contributed by atoms with Gasteiger partial charge in [-0.1, -0.05) is 22.0 Å². The lowest BCUT2D eigenvalue weighted by atomic mass is 9.86. The minimum atomic E-state index is -0.630. The van der Waals surface area contributed by atoms with Crippen molar-refractivity contribution in [2.45, 2.75) is 38.1 Å². The van der Waals surface area contributed by atoms with E-state index in [1.807, 2.05) is 0 Å². The first-order valence-electron chi connectivity index (χ1n) is 7.37. The standard InChI is InChI=1S/C16H20BrNO2/c17-14-5-3-12-9-15(6-4-11(12)8-14)18-7-1-2-13(10-18)16(19)20/h3,5,8,13,15H,1-2,4,6-7,9-10H2,(H,19,20). The number of hydrogen-bond acceptors (Lipinski definition) is 2. The van der Waals surface area contributed by atoms with E-state index in [4.69, 9.17) is 0 Å². The van der Waals surface area contributed by atoms with Crippen LogP contribution in [0.2, 0.25) is 0 Å². The maximum absolute atomic E-state index is 11.2. The van der Waals surface area contributed by atoms with Crippen molar-refractivity contribution < 1.29 is 9.90 Å². The number of carbonyl (C=O) groups is 1. The lowest BCUT2D eigenvalue weighted by Gasteiger charge is -2.39. The van der Waals surface area contributed by atoms with Gasteiger partial charge in [-0.05, 0) is 61.9 Å². The first-order chi connectivity index (χ1) is 9.63. The molecule has 1 aromatic carbocycles. The van der Waals surface area contributed by atoms with Gasteiger partial charge >= 0.3 is 5.97 Å². The van der Waals surface area contributed by atoms with E-state index in [1.54, 1.807) is 0 Å². The fourth-order valence-corrected chi connectivity index (χ4v) is 3.96. The monoisotopic (exact) mass is 337 g/mol. The number of rotatable bonds is 2. The maximum atomic E-state index is 11.2. The number of piperidine rings is 1. The van der Waals surface area contributed by atoms with E-state index < -0.39 is 5.97 Å². The lowest BCUT2D eigenvalue weighted by molar-refractivity contribution is -0.144. The van der Waals surface area contributed by atoms with E-state index in [0.29, 0.717) is 6.04 Å². The summed E-state index contributed by atoms with van der Waals surface area (Å²) in [7, 11) is 0. The molecule has 108 valence electrons. The lowest BCUT2D eigenvalue weighted by Crippen LogP contribution is -2.46. The predicted octanol–water partition coefficient (Wildman–Crippen LogP) is 3.10. The molecule has 0 aromatic heterocycles. The van der Waals surface area contributed by atoms with Gasteiger partial charge in [0.25, 0.3) is 0 Å². The summed E-state index contributed by atoms with van der Waals surface area (Å²) in [6, 6.07) is 7.06. The maximum Gasteiger partial charge on any atom is 0.307 e. The minimum absolute atomic E-state index is 0.171. The fraction of sp³-hybridized carbons (Fsp3) is 0.562. The van der Waals surface area contributed by atoms with Crippen LogP contribution in [0.1, 0.15) is 30.4 Å². The van der Waals surface area contributed by atoms with Crippen LogP contribution in [0.4, 0.5) is 0 Å². The first-order valence-corrected chi connectivity index (χ1v) is 8.17. The molecule has 1 fully saturated rings. The number of nitrogens with zero attached hydrogens (tertiary/aromatic N) is 1. The van der Waals surface area contributed by atoms with Crippen molar-refractivity contribution in [1.29, 1.82) is 0 Å². The van der Waals surface area contributed by atoms with Crippen molar-refractivity contribution in [3.8, 4) is 0 Å². The van der Waals surface area contributed by atoms with E-state index in [0.717, 1.165) is 49.7 Å². The van der Waals surface area contributed by atoms with Crippen molar-refractivity contribution in [2.75, 3.05) is 13.1 Å². The molecule has 0 spiro atoms. The van der Waals surface area contributed by atoms with Gasteiger partial charge in [0.15, 0.2) is 0 Å². The Balaban J connectivity index is 1.70. The molecule has 1 aliphatic heterocycles. The average Bonchev–Trinajstić information content (AvgIpc) is 2.47. The summed E-state index contributed by atoms with van der Waals surface area (Å²) in [5, 5.41) is 9.21. The number of fused-ring (bicyclic) bond motifs is 1. The topological polar surface area (TPSA) is 40.5 Å². The van der Waals surface area contributed by atoms with Crippen molar-refractivity contribution in [3.63, 3.8) is 0 Å². The molecule has 2 unspecified atom stereocenters. The number of hydrogen-bond donors (Lipinski definition) is 1. The molecule has 1 saturated heterocycles. The largest absolute Gasteiger partial charge is 0.481 e. The molecule has 1 aromatic rings. The Morgan fingerprint density at radius 1 is 1.30 bits per heavy atom. The molecule has 2 atom stereocenters. The zero-order valence-electron chi connectivity index (χ0n) is 11.5. The fourth-order valence-electron chi connectivity index (χ4n) is 3.56. The van der Waals surface area contributed by atoms with Crippen LogP contribution in [0.25, 0.3) is 0 Å². The van der Waals surface area contributed by atoms with Gasteiger partial charge in [0.1, 0.15) is 0 Å². The van der Waals surface area contributed by atoms with Gasteiger partial charge in [0.05, 0.1) is 5.92 Å². The van der Waals surface area contributed by atoms with Crippen LogP contribution in [-0.2, 0) is 17.6 Å². The van der Waals surface area contributed by atoms with Gasteiger partial charge in [-0.3, -0.25) is 9.69 Å². The third-order valence-corrected chi connectivity index (χ3v) is 5.18. The number of aryl methyl sites for hydroxylation is 1. The molecule has 2 aliphatic rings. The summed E-state index contributed by atoms with van der Waals surface area (Å²) in [5.74, 6) is -0.801. The van der Waals surface area contributed by atoms with Crippen LogP contribution < -0.4 is 0 Å². The molecule has 1 aliphatic carbocycles. The Morgan fingerprint density at radius 2 is 2.15 bits per heavy atom. The van der Waals surface area contributed by atoms with Gasteiger partial charge in [0, 0.05) is 17.1 Å². The van der Waals surface area contributed by atoms with Crippen molar-refractivity contribution in [2.24, 2.45) is 5.92 Å². The van der Waals surface area contributed by atoms with E-state index in [2.05, 4.69) is 39.0 Å². The van der Waals surface area contributed by atoms with Crippen LogP contribution in [0, 0.1) is 5.92 Å². The number of carboxylic acid groups (broad SMARTS) is 1. The number of carboxylic acids is 1. The normalized spacial score (nSPS) is 27.1. The second-order valence-electron chi connectivity index (χ2n) is 5.98. The third-order valence-electron chi connectivity index (χ3n) is 4.69. The molecule has 1 heterocycles. The van der Waals surface area contributed by atoms with Crippen LogP contribution >= 0.6 is 15.9 Å². The zero-order valence-corrected chi connectivity index (χ0v) is 13.1. The molecule has 1 N–H and O–H groups in total. The van der Waals surface area contributed by atoms with Gasteiger partial charge < -0.3 is 5.11 Å². The van der Waals surface area contributed by atoms with Gasteiger partial charge in [-0.15, -0.1) is 0 Å². The van der Waals surface area contributed by atoms with Gasteiger partial charge in [-0.2, -0.15) is 0 Å². The van der Waals surface area contributed by atoms with E-state index in [1.165, 1.54) is 11.1 Å². The van der Waals surface area contributed by atoms with Crippen LogP contribution in [0.15, 0.2) is 22.7 Å². The number of aliphatic carboxylic acids is 1. The number of benzene rings is 1. The Morgan fingerprint density at radius 3 is 2.95 bits per heavy atom. The minimum Gasteiger partial charge on any atom is -0.481 e. The Labute approximate surface area is 128 Å². The summed E-state index contributed by atoms with van der Waals surface area (Å²) in [4.78, 5) is 13.6. The summed E-state index contributed by atoms with van der Waals surface area (Å²) < 4.78 is 1.15. The SMILES string of the molecule is O=C(O)C1CCCN(C2CCc3cc(Br)ccc3C2)C1. The highest BCUT2D eigenvalue weighted by atomic mass is 79.9. The second-order valence-corrected chi connectivity index (χ2v) is 6.90. The Bertz CT molecular complexity index is 517. The Kier molecular flexibility index (Phi) is 4.13. The zero-order chi connectivity index (χ0) is 14.1. The number of halogens is 1. The van der Waals surface area contributed by atoms with Crippen LogP contribution in [0.5, 0.6) is 0 Å². The summed E-state index contributed by atoms with van der Waals surface area (Å²) in [6.07, 6.45) is 5.17. The van der Waals surface area contributed by atoms with Crippen LogP contribution in [0.3, 0.4) is 0 Å². The predicted molar refractivity (Wildman–Crippen MR) is 81.9 cm³/mol. The molecule has 3 nitrogen and oxygen atoms in total. The molecule has 4 heteroatoms. The van der Waals surface area contributed by atoms with Gasteiger partial charge in [0.2, 0.25) is 0 Å².